The van der Waals surface area contributed by atoms with Gasteiger partial charge in [-0.15, -0.1) is 0 Å². The first-order chi connectivity index (χ1) is 15.0. The van der Waals surface area contributed by atoms with Gasteiger partial charge in [0, 0.05) is 12.1 Å². The molecule has 1 aromatic rings. The molecule has 7 nitrogen and oxygen atoms in total. The fraction of sp³-hybridized carbons (Fsp3) is 0.654. The predicted molar refractivity (Wildman–Crippen MR) is 132 cm³/mol. The number of amides is 3. The lowest BCUT2D eigenvalue weighted by Crippen LogP contribution is -2.56. The van der Waals surface area contributed by atoms with Gasteiger partial charge in [0.1, 0.15) is 17.7 Å². The molecule has 1 aromatic carbocycles. The van der Waals surface area contributed by atoms with Crippen LogP contribution in [0, 0.1) is 19.8 Å². The molecular weight excluding hydrogens is 418 g/mol. The van der Waals surface area contributed by atoms with E-state index < -0.39 is 29.3 Å². The molecule has 2 N–H and O–H groups in total. The molecule has 7 heteroatoms. The molecule has 0 heterocycles. The topological polar surface area (TPSA) is 87.7 Å². The average molecular weight is 462 g/mol. The van der Waals surface area contributed by atoms with E-state index in [2.05, 4.69) is 10.6 Å². The van der Waals surface area contributed by atoms with Crippen molar-refractivity contribution >= 4 is 17.9 Å². The first kappa shape index (κ1) is 28.5. The summed E-state index contributed by atoms with van der Waals surface area (Å²) in [6.45, 7) is 20.8. The lowest BCUT2D eigenvalue weighted by Gasteiger charge is -2.36. The van der Waals surface area contributed by atoms with Gasteiger partial charge < -0.3 is 20.3 Å². The Balaban J connectivity index is 3.46. The largest absolute Gasteiger partial charge is 0.444 e. The number of rotatable bonds is 7. The SMILES string of the molecule is CCN(C(=O)C(NC(=O)OC(C)(C)C)C(C)C)C(C(=O)NC(C)(C)C)c1cc(C)ccc1C. The Kier molecular flexibility index (Phi) is 9.52. The van der Waals surface area contributed by atoms with Crippen LogP contribution in [-0.2, 0) is 14.3 Å². The van der Waals surface area contributed by atoms with E-state index in [-0.39, 0.29) is 17.7 Å². The summed E-state index contributed by atoms with van der Waals surface area (Å²) in [5.74, 6) is -0.788. The van der Waals surface area contributed by atoms with Crippen molar-refractivity contribution in [3.63, 3.8) is 0 Å². The van der Waals surface area contributed by atoms with Crippen LogP contribution in [0.15, 0.2) is 18.2 Å². The van der Waals surface area contributed by atoms with Crippen molar-refractivity contribution in [3.05, 3.63) is 34.9 Å². The van der Waals surface area contributed by atoms with Crippen LogP contribution in [0.2, 0.25) is 0 Å². The molecule has 0 aliphatic heterocycles. The van der Waals surface area contributed by atoms with E-state index in [1.165, 1.54) is 0 Å². The number of aryl methyl sites for hydroxylation is 2. The Hall–Kier alpha value is -2.57. The van der Waals surface area contributed by atoms with E-state index in [1.807, 2.05) is 73.6 Å². The summed E-state index contributed by atoms with van der Waals surface area (Å²) in [6.07, 6.45) is -0.659. The minimum Gasteiger partial charge on any atom is -0.444 e. The van der Waals surface area contributed by atoms with Crippen molar-refractivity contribution in [2.75, 3.05) is 6.54 Å². The Labute approximate surface area is 199 Å². The third-order valence-electron chi connectivity index (χ3n) is 5.02. The number of hydrogen-bond donors (Lipinski definition) is 2. The highest BCUT2D eigenvalue weighted by Crippen LogP contribution is 2.28. The standard InChI is InChI=1S/C26H43N3O4/c1-12-29(23(31)20(16(2)3)27-24(32)33-26(9,10)11)21(22(30)28-25(6,7)8)19-15-17(4)13-14-18(19)5/h13-16,20-21H,12H2,1-11H3,(H,27,32)(H,28,30). The predicted octanol–water partition coefficient (Wildman–Crippen LogP) is 4.66. The van der Waals surface area contributed by atoms with Gasteiger partial charge in [0.15, 0.2) is 0 Å². The van der Waals surface area contributed by atoms with Crippen LogP contribution in [0.1, 0.15) is 85.0 Å². The van der Waals surface area contributed by atoms with Crippen molar-refractivity contribution in [2.45, 2.75) is 99.4 Å². The molecule has 0 fully saturated rings. The zero-order valence-corrected chi connectivity index (χ0v) is 22.3. The molecule has 0 radical (unpaired) electrons. The van der Waals surface area contributed by atoms with Gasteiger partial charge in [-0.25, -0.2) is 4.79 Å². The highest BCUT2D eigenvalue weighted by atomic mass is 16.6. The van der Waals surface area contributed by atoms with Gasteiger partial charge in [-0.05, 0) is 79.4 Å². The van der Waals surface area contributed by atoms with Crippen LogP contribution in [0.3, 0.4) is 0 Å². The minimum absolute atomic E-state index is 0.205. The summed E-state index contributed by atoms with van der Waals surface area (Å²) in [6, 6.07) is 4.22. The monoisotopic (exact) mass is 461 g/mol. The van der Waals surface area contributed by atoms with Crippen LogP contribution < -0.4 is 10.6 Å². The zero-order chi connectivity index (χ0) is 25.7. The number of benzene rings is 1. The molecular formula is C26H43N3O4. The Morgan fingerprint density at radius 3 is 2.06 bits per heavy atom. The average Bonchev–Trinajstić information content (AvgIpc) is 2.62. The third-order valence-corrected chi connectivity index (χ3v) is 5.02. The first-order valence-electron chi connectivity index (χ1n) is 11.7. The smallest absolute Gasteiger partial charge is 0.408 e. The first-order valence-corrected chi connectivity index (χ1v) is 11.7. The number of carbonyl (C=O) groups excluding carboxylic acids is 3. The Morgan fingerprint density at radius 1 is 1.03 bits per heavy atom. The summed E-state index contributed by atoms with van der Waals surface area (Å²) < 4.78 is 5.38. The van der Waals surface area contributed by atoms with Gasteiger partial charge in [-0.1, -0.05) is 37.6 Å². The summed E-state index contributed by atoms with van der Waals surface area (Å²) in [7, 11) is 0. The maximum atomic E-state index is 13.8. The Bertz CT molecular complexity index is 850. The fourth-order valence-electron chi connectivity index (χ4n) is 3.54. The van der Waals surface area contributed by atoms with Crippen LogP contribution >= 0.6 is 0 Å². The summed E-state index contributed by atoms with van der Waals surface area (Å²) >= 11 is 0. The molecule has 0 saturated carbocycles. The molecule has 0 aliphatic carbocycles. The molecule has 0 aliphatic rings. The van der Waals surface area contributed by atoms with E-state index in [0.717, 1.165) is 16.7 Å². The van der Waals surface area contributed by atoms with Crippen LogP contribution in [-0.4, -0.2) is 46.5 Å². The number of alkyl carbamates (subject to hydrolysis) is 1. The molecule has 3 amide bonds. The van der Waals surface area contributed by atoms with Gasteiger partial charge in [-0.2, -0.15) is 0 Å². The lowest BCUT2D eigenvalue weighted by molar-refractivity contribution is -0.143. The van der Waals surface area contributed by atoms with Crippen molar-refractivity contribution < 1.29 is 19.1 Å². The van der Waals surface area contributed by atoms with Crippen molar-refractivity contribution in [1.29, 1.82) is 0 Å². The van der Waals surface area contributed by atoms with Crippen molar-refractivity contribution in [1.82, 2.24) is 15.5 Å². The number of ether oxygens (including phenoxy) is 1. The highest BCUT2D eigenvalue weighted by Gasteiger charge is 2.38. The molecule has 0 aromatic heterocycles. The number of nitrogens with one attached hydrogen (secondary N) is 2. The van der Waals surface area contributed by atoms with Crippen molar-refractivity contribution in [2.24, 2.45) is 5.92 Å². The normalized spacial score (nSPS) is 13.8. The molecule has 33 heavy (non-hydrogen) atoms. The number of nitrogens with zero attached hydrogens (tertiary/aromatic N) is 1. The van der Waals surface area contributed by atoms with Gasteiger partial charge in [-0.3, -0.25) is 9.59 Å². The second kappa shape index (κ2) is 11.0. The lowest BCUT2D eigenvalue weighted by atomic mass is 9.94. The van der Waals surface area contributed by atoms with Gasteiger partial charge in [0.25, 0.3) is 0 Å². The molecule has 0 saturated heterocycles. The van der Waals surface area contributed by atoms with Crippen LogP contribution in [0.25, 0.3) is 0 Å². The minimum atomic E-state index is -0.838. The zero-order valence-electron chi connectivity index (χ0n) is 22.3. The van der Waals surface area contributed by atoms with Gasteiger partial charge in [0.05, 0.1) is 0 Å². The van der Waals surface area contributed by atoms with Gasteiger partial charge in [0.2, 0.25) is 11.8 Å². The maximum Gasteiger partial charge on any atom is 0.408 e. The number of carbonyl (C=O) groups is 3. The number of hydrogen-bond acceptors (Lipinski definition) is 4. The van der Waals surface area contributed by atoms with Gasteiger partial charge >= 0.3 is 6.09 Å². The molecule has 186 valence electrons. The van der Waals surface area contributed by atoms with E-state index in [1.54, 1.807) is 25.7 Å². The second-order valence-corrected chi connectivity index (χ2v) is 11.0. The summed E-state index contributed by atoms with van der Waals surface area (Å²) in [4.78, 5) is 41.3. The molecule has 2 unspecified atom stereocenters. The maximum absolute atomic E-state index is 13.8. The molecule has 0 spiro atoms. The second-order valence-electron chi connectivity index (χ2n) is 11.0. The van der Waals surface area contributed by atoms with E-state index in [0.29, 0.717) is 6.54 Å². The van der Waals surface area contributed by atoms with Crippen molar-refractivity contribution in [3.8, 4) is 0 Å². The number of likely N-dealkylation sites (N-methyl/N-ethyl adjacent to an activating group) is 1. The highest BCUT2D eigenvalue weighted by molar-refractivity contribution is 5.92. The fourth-order valence-corrected chi connectivity index (χ4v) is 3.54. The van der Waals surface area contributed by atoms with E-state index in [4.69, 9.17) is 4.74 Å². The van der Waals surface area contributed by atoms with E-state index in [9.17, 15) is 14.4 Å². The summed E-state index contributed by atoms with van der Waals surface area (Å²) in [5, 5.41) is 5.75. The Morgan fingerprint density at radius 2 is 1.61 bits per heavy atom. The summed E-state index contributed by atoms with van der Waals surface area (Å²) in [5.41, 5.74) is 1.53. The molecule has 1 rings (SSSR count). The third kappa shape index (κ3) is 8.71. The molecule has 2 atom stereocenters. The quantitative estimate of drug-likeness (QED) is 0.618. The van der Waals surface area contributed by atoms with Crippen LogP contribution in [0.4, 0.5) is 4.79 Å². The molecule has 0 bridgehead atoms. The van der Waals surface area contributed by atoms with Crippen LogP contribution in [0.5, 0.6) is 0 Å². The van der Waals surface area contributed by atoms with E-state index >= 15 is 0 Å².